The van der Waals surface area contributed by atoms with E-state index in [1.54, 1.807) is 6.20 Å². The van der Waals surface area contributed by atoms with E-state index < -0.39 is 0 Å². The maximum Gasteiger partial charge on any atom is 0.242 e. The van der Waals surface area contributed by atoms with E-state index in [0.717, 1.165) is 18.7 Å². The number of ether oxygens (including phenoxy) is 1. The molecule has 0 saturated carbocycles. The Morgan fingerprint density at radius 2 is 2.05 bits per heavy atom. The van der Waals surface area contributed by atoms with E-state index in [1.807, 2.05) is 25.1 Å². The topological polar surface area (TPSA) is 77.2 Å². The van der Waals surface area contributed by atoms with E-state index in [-0.39, 0.29) is 0 Å². The second kappa shape index (κ2) is 7.42. The van der Waals surface area contributed by atoms with Crippen LogP contribution in [-0.2, 0) is 6.54 Å². The number of hydrogen-bond donors (Lipinski definition) is 1. The second-order valence-electron chi connectivity index (χ2n) is 4.60. The summed E-state index contributed by atoms with van der Waals surface area (Å²) in [5.74, 6) is 1.13. The summed E-state index contributed by atoms with van der Waals surface area (Å²) >= 11 is 0. The fourth-order valence-corrected chi connectivity index (χ4v) is 1.96. The molecule has 0 fully saturated rings. The van der Waals surface area contributed by atoms with Crippen molar-refractivity contribution in [2.24, 2.45) is 0 Å². The lowest BCUT2D eigenvalue weighted by atomic mass is 10.3. The molecule has 0 aromatic carbocycles. The number of pyridine rings is 1. The Kier molecular flexibility index (Phi) is 5.31. The molecule has 6 nitrogen and oxygen atoms in total. The third-order valence-corrected chi connectivity index (χ3v) is 3.03. The maximum atomic E-state index is 6.14. The molecule has 2 rings (SSSR count). The first-order valence-corrected chi connectivity index (χ1v) is 7.14. The molecule has 6 heteroatoms. The van der Waals surface area contributed by atoms with Crippen molar-refractivity contribution in [3.63, 3.8) is 0 Å². The van der Waals surface area contributed by atoms with Gasteiger partial charge in [-0.3, -0.25) is 4.98 Å². The van der Waals surface area contributed by atoms with E-state index in [0.29, 0.717) is 30.5 Å². The first-order valence-electron chi connectivity index (χ1n) is 7.14. The Balaban J connectivity index is 2.21. The van der Waals surface area contributed by atoms with Crippen LogP contribution in [0, 0.1) is 0 Å². The highest BCUT2D eigenvalue weighted by molar-refractivity contribution is 5.67. The average molecular weight is 287 g/mol. The summed E-state index contributed by atoms with van der Waals surface area (Å²) in [4.78, 5) is 14.8. The molecular weight excluding hydrogens is 266 g/mol. The summed E-state index contributed by atoms with van der Waals surface area (Å²) in [5, 5.41) is 0. The number of nitrogens with two attached hydrogens (primary N) is 1. The number of anilines is 2. The van der Waals surface area contributed by atoms with E-state index in [1.165, 1.54) is 6.33 Å². The first kappa shape index (κ1) is 15.0. The molecule has 2 heterocycles. The lowest BCUT2D eigenvalue weighted by molar-refractivity contribution is 0.306. The van der Waals surface area contributed by atoms with Gasteiger partial charge in [0.05, 0.1) is 18.8 Å². The number of hydrogen-bond acceptors (Lipinski definition) is 6. The lowest BCUT2D eigenvalue weighted by Gasteiger charge is -2.23. The Bertz CT molecular complexity index is 561. The van der Waals surface area contributed by atoms with Gasteiger partial charge in [-0.2, -0.15) is 4.98 Å². The van der Waals surface area contributed by atoms with E-state index in [4.69, 9.17) is 10.5 Å². The van der Waals surface area contributed by atoms with Gasteiger partial charge in [-0.05, 0) is 25.5 Å². The highest BCUT2D eigenvalue weighted by atomic mass is 16.5. The van der Waals surface area contributed by atoms with Crippen LogP contribution in [0.2, 0.25) is 0 Å². The van der Waals surface area contributed by atoms with Gasteiger partial charge < -0.3 is 15.4 Å². The minimum absolute atomic E-state index is 0.446. The zero-order valence-electron chi connectivity index (χ0n) is 12.5. The molecule has 112 valence electrons. The van der Waals surface area contributed by atoms with Crippen molar-refractivity contribution in [3.8, 4) is 5.88 Å². The minimum Gasteiger partial charge on any atom is -0.476 e. The number of nitrogen functional groups attached to an aromatic ring is 1. The minimum atomic E-state index is 0.446. The predicted molar refractivity (Wildman–Crippen MR) is 83.2 cm³/mol. The van der Waals surface area contributed by atoms with E-state index in [2.05, 4.69) is 26.8 Å². The van der Waals surface area contributed by atoms with Crippen molar-refractivity contribution in [3.05, 3.63) is 36.4 Å². The van der Waals surface area contributed by atoms with Crippen molar-refractivity contribution in [1.82, 2.24) is 15.0 Å². The molecular formula is C15H21N5O. The number of aromatic nitrogens is 3. The van der Waals surface area contributed by atoms with E-state index in [9.17, 15) is 0 Å². The number of rotatable bonds is 7. The predicted octanol–water partition coefficient (Wildman–Crippen LogP) is 2.27. The summed E-state index contributed by atoms with van der Waals surface area (Å²) in [6.07, 6.45) is 4.17. The van der Waals surface area contributed by atoms with Crippen LogP contribution in [0.25, 0.3) is 0 Å². The molecule has 0 aliphatic rings. The molecule has 0 saturated heterocycles. The molecule has 2 N–H and O–H groups in total. The number of nitrogens with zero attached hydrogens (tertiary/aromatic N) is 4. The van der Waals surface area contributed by atoms with Crippen LogP contribution in [0.3, 0.4) is 0 Å². The molecule has 0 unspecified atom stereocenters. The second-order valence-corrected chi connectivity index (χ2v) is 4.60. The van der Waals surface area contributed by atoms with Crippen molar-refractivity contribution < 1.29 is 4.74 Å². The smallest absolute Gasteiger partial charge is 0.242 e. The fraction of sp³-hybridized carbons (Fsp3) is 0.400. The summed E-state index contributed by atoms with van der Waals surface area (Å²) in [5.41, 5.74) is 7.58. The molecule has 2 aromatic heterocycles. The quantitative estimate of drug-likeness (QED) is 0.841. The zero-order valence-corrected chi connectivity index (χ0v) is 12.5. The van der Waals surface area contributed by atoms with Crippen LogP contribution in [-0.4, -0.2) is 28.1 Å². The van der Waals surface area contributed by atoms with Gasteiger partial charge in [0.25, 0.3) is 0 Å². The monoisotopic (exact) mass is 287 g/mol. The van der Waals surface area contributed by atoms with Crippen LogP contribution in [0.5, 0.6) is 5.88 Å². The van der Waals surface area contributed by atoms with Gasteiger partial charge in [-0.25, -0.2) is 4.98 Å². The van der Waals surface area contributed by atoms with Crippen molar-refractivity contribution in [2.45, 2.75) is 26.8 Å². The third kappa shape index (κ3) is 3.81. The normalized spacial score (nSPS) is 10.4. The summed E-state index contributed by atoms with van der Waals surface area (Å²) < 4.78 is 5.55. The zero-order chi connectivity index (χ0) is 15.1. The van der Waals surface area contributed by atoms with Crippen molar-refractivity contribution in [1.29, 1.82) is 0 Å². The third-order valence-electron chi connectivity index (χ3n) is 3.03. The van der Waals surface area contributed by atoms with Gasteiger partial charge in [0.1, 0.15) is 12.0 Å². The Morgan fingerprint density at radius 1 is 1.19 bits per heavy atom. The molecule has 0 bridgehead atoms. The van der Waals surface area contributed by atoms with E-state index >= 15 is 0 Å². The van der Waals surface area contributed by atoms with Crippen molar-refractivity contribution >= 4 is 11.5 Å². The largest absolute Gasteiger partial charge is 0.476 e. The summed E-state index contributed by atoms with van der Waals surface area (Å²) in [6.45, 7) is 6.10. The van der Waals surface area contributed by atoms with Crippen LogP contribution >= 0.6 is 0 Å². The van der Waals surface area contributed by atoms with Gasteiger partial charge in [-0.1, -0.05) is 13.0 Å². The van der Waals surface area contributed by atoms with Gasteiger partial charge >= 0.3 is 0 Å². The van der Waals surface area contributed by atoms with Crippen LogP contribution < -0.4 is 15.4 Å². The Morgan fingerprint density at radius 3 is 2.71 bits per heavy atom. The highest BCUT2D eigenvalue weighted by Gasteiger charge is 2.15. The molecule has 0 radical (unpaired) electrons. The fourth-order valence-electron chi connectivity index (χ4n) is 1.96. The maximum absolute atomic E-state index is 6.14. The van der Waals surface area contributed by atoms with Crippen LogP contribution in [0.1, 0.15) is 26.0 Å². The molecule has 0 atom stereocenters. The van der Waals surface area contributed by atoms with Crippen molar-refractivity contribution in [2.75, 3.05) is 23.8 Å². The summed E-state index contributed by atoms with van der Waals surface area (Å²) in [6, 6.07) is 5.85. The van der Waals surface area contributed by atoms with Crippen LogP contribution in [0.15, 0.2) is 30.7 Å². The van der Waals surface area contributed by atoms with Gasteiger partial charge in [0.15, 0.2) is 5.82 Å². The molecule has 0 spiro atoms. The Hall–Kier alpha value is -2.37. The van der Waals surface area contributed by atoms with Gasteiger partial charge in [-0.15, -0.1) is 0 Å². The van der Waals surface area contributed by atoms with Gasteiger partial charge in [0.2, 0.25) is 5.88 Å². The summed E-state index contributed by atoms with van der Waals surface area (Å²) in [7, 11) is 0. The molecule has 0 aliphatic carbocycles. The lowest BCUT2D eigenvalue weighted by Crippen LogP contribution is -2.25. The molecule has 2 aromatic rings. The first-order chi connectivity index (χ1) is 10.3. The highest BCUT2D eigenvalue weighted by Crippen LogP contribution is 2.28. The SMILES string of the molecule is CCCOc1ncnc(N(CC)Cc2ccccn2)c1N. The Labute approximate surface area is 125 Å². The average Bonchev–Trinajstić information content (AvgIpc) is 2.53. The molecule has 21 heavy (non-hydrogen) atoms. The standard InChI is InChI=1S/C15H21N5O/c1-3-9-21-15-13(16)14(18-11-19-15)20(4-2)10-12-7-5-6-8-17-12/h5-8,11H,3-4,9-10,16H2,1-2H3. The van der Waals surface area contributed by atoms with Gasteiger partial charge in [0, 0.05) is 12.7 Å². The molecule has 0 aliphatic heterocycles. The van der Waals surface area contributed by atoms with Crippen LogP contribution in [0.4, 0.5) is 11.5 Å². The molecule has 0 amide bonds.